The first kappa shape index (κ1) is 11.1. The van der Waals surface area contributed by atoms with Gasteiger partial charge in [-0.15, -0.1) is 0 Å². The summed E-state index contributed by atoms with van der Waals surface area (Å²) in [4.78, 5) is 0. The van der Waals surface area contributed by atoms with E-state index in [9.17, 15) is 0 Å². The predicted octanol–water partition coefficient (Wildman–Crippen LogP) is 2.75. The Morgan fingerprint density at radius 1 is 1.44 bits per heavy atom. The predicted molar refractivity (Wildman–Crippen MR) is 42.3 cm³/mol. The molecule has 0 aromatic rings. The molecule has 0 aliphatic heterocycles. The fourth-order valence-electron chi connectivity index (χ4n) is 0.234. The maximum atomic E-state index is 4.66. The van der Waals surface area contributed by atoms with Crippen molar-refractivity contribution in [2.45, 2.75) is 20.8 Å². The first-order valence-corrected chi connectivity index (χ1v) is 3.13. The molecule has 9 heavy (non-hydrogen) atoms. The van der Waals surface area contributed by atoms with Crippen LogP contribution in [0.1, 0.15) is 20.8 Å². The number of methoxy groups -OCH3 is 1. The average molecular weight is 128 g/mol. The Morgan fingerprint density at radius 2 is 1.89 bits per heavy atom. The second-order valence-corrected chi connectivity index (χ2v) is 1.30. The van der Waals surface area contributed by atoms with Crippen molar-refractivity contribution in [1.29, 1.82) is 0 Å². The highest BCUT2D eigenvalue weighted by molar-refractivity contribution is 5.09. The van der Waals surface area contributed by atoms with Crippen LogP contribution < -0.4 is 0 Å². The minimum Gasteiger partial charge on any atom is -0.504 e. The van der Waals surface area contributed by atoms with Crippen LogP contribution in [-0.2, 0) is 4.74 Å². The van der Waals surface area contributed by atoms with Crippen LogP contribution in [0.15, 0.2) is 24.5 Å². The molecule has 0 saturated carbocycles. The summed E-state index contributed by atoms with van der Waals surface area (Å²) in [5.74, 6) is 0. The van der Waals surface area contributed by atoms with E-state index in [4.69, 9.17) is 0 Å². The van der Waals surface area contributed by atoms with Gasteiger partial charge in [0.05, 0.1) is 13.4 Å². The first-order chi connectivity index (χ1) is 4.31. The molecule has 1 heteroatoms. The normalized spacial score (nSPS) is 9.11. The van der Waals surface area contributed by atoms with Gasteiger partial charge in [0.2, 0.25) is 0 Å². The molecule has 0 spiro atoms. The maximum Gasteiger partial charge on any atom is 0.0853 e. The minimum absolute atomic E-state index is 1.04. The minimum atomic E-state index is 1.04. The molecule has 0 radical (unpaired) electrons. The standard InChI is InChI=1S/C6H10O.C2H6/c1-4-6(2)5-7-3;1-2/h4-5H,1H2,2-3H3;1-2H3/b6-5-;. The molecule has 0 aliphatic carbocycles. The zero-order chi connectivity index (χ0) is 7.70. The van der Waals surface area contributed by atoms with E-state index < -0.39 is 0 Å². The lowest BCUT2D eigenvalue weighted by atomic mass is 10.3. The highest BCUT2D eigenvalue weighted by Gasteiger charge is 1.72. The van der Waals surface area contributed by atoms with Crippen LogP contribution in [-0.4, -0.2) is 7.11 Å². The van der Waals surface area contributed by atoms with E-state index in [2.05, 4.69) is 11.3 Å². The van der Waals surface area contributed by atoms with Crippen LogP contribution in [0.2, 0.25) is 0 Å². The number of rotatable bonds is 2. The van der Waals surface area contributed by atoms with Crippen molar-refractivity contribution in [1.82, 2.24) is 0 Å². The fourth-order valence-corrected chi connectivity index (χ4v) is 0.234. The molecule has 0 aromatic heterocycles. The number of hydrogen-bond acceptors (Lipinski definition) is 1. The summed E-state index contributed by atoms with van der Waals surface area (Å²) in [5.41, 5.74) is 1.04. The highest BCUT2D eigenvalue weighted by Crippen LogP contribution is 1.89. The average Bonchev–Trinajstić information content (AvgIpc) is 1.93. The van der Waals surface area contributed by atoms with Crippen molar-refractivity contribution >= 4 is 0 Å². The molecule has 0 rings (SSSR count). The SMILES string of the molecule is C=C/C(C)=C\OC.CC. The second-order valence-electron chi connectivity index (χ2n) is 1.30. The third kappa shape index (κ3) is 11.1. The third-order valence-corrected chi connectivity index (χ3v) is 0.626. The van der Waals surface area contributed by atoms with Gasteiger partial charge in [-0.1, -0.05) is 26.5 Å². The van der Waals surface area contributed by atoms with E-state index in [0.29, 0.717) is 0 Å². The number of allylic oxidation sites excluding steroid dienone is 2. The quantitative estimate of drug-likeness (QED) is 0.410. The van der Waals surface area contributed by atoms with Gasteiger partial charge in [-0.3, -0.25) is 0 Å². The van der Waals surface area contributed by atoms with Gasteiger partial charge < -0.3 is 4.74 Å². The monoisotopic (exact) mass is 128 g/mol. The van der Waals surface area contributed by atoms with Crippen LogP contribution in [0.5, 0.6) is 0 Å². The molecule has 0 amide bonds. The molecule has 0 bridgehead atoms. The lowest BCUT2D eigenvalue weighted by Crippen LogP contribution is -1.68. The smallest absolute Gasteiger partial charge is 0.0853 e. The Hall–Kier alpha value is -0.720. The highest BCUT2D eigenvalue weighted by atomic mass is 16.5. The molecule has 0 heterocycles. The zero-order valence-electron chi connectivity index (χ0n) is 6.77. The van der Waals surface area contributed by atoms with Crippen LogP contribution in [0.25, 0.3) is 0 Å². The van der Waals surface area contributed by atoms with Crippen LogP contribution in [0.3, 0.4) is 0 Å². The Labute approximate surface area is 58.0 Å². The Balaban J connectivity index is 0. The van der Waals surface area contributed by atoms with Crippen LogP contribution in [0.4, 0.5) is 0 Å². The Morgan fingerprint density at radius 3 is 2.00 bits per heavy atom. The van der Waals surface area contributed by atoms with Crippen molar-refractivity contribution in [3.63, 3.8) is 0 Å². The summed E-state index contributed by atoms with van der Waals surface area (Å²) in [5, 5.41) is 0. The molecule has 54 valence electrons. The van der Waals surface area contributed by atoms with Gasteiger partial charge in [0.15, 0.2) is 0 Å². The second kappa shape index (κ2) is 10.3. The lowest BCUT2D eigenvalue weighted by Gasteiger charge is -1.87. The summed E-state index contributed by atoms with van der Waals surface area (Å²) >= 11 is 0. The van der Waals surface area contributed by atoms with Gasteiger partial charge in [0.1, 0.15) is 0 Å². The van der Waals surface area contributed by atoms with Crippen molar-refractivity contribution < 1.29 is 4.74 Å². The topological polar surface area (TPSA) is 9.23 Å². The van der Waals surface area contributed by atoms with Crippen molar-refractivity contribution in [2.24, 2.45) is 0 Å². The van der Waals surface area contributed by atoms with E-state index in [1.54, 1.807) is 19.4 Å². The van der Waals surface area contributed by atoms with E-state index >= 15 is 0 Å². The van der Waals surface area contributed by atoms with E-state index in [0.717, 1.165) is 5.57 Å². The molecular weight excluding hydrogens is 112 g/mol. The molecule has 0 aliphatic rings. The first-order valence-electron chi connectivity index (χ1n) is 3.13. The Bertz CT molecular complexity index is 82.6. The van der Waals surface area contributed by atoms with Gasteiger partial charge in [-0.05, 0) is 12.5 Å². The summed E-state index contributed by atoms with van der Waals surface area (Å²) in [6, 6.07) is 0. The molecular formula is C8H16O. The third-order valence-electron chi connectivity index (χ3n) is 0.626. The van der Waals surface area contributed by atoms with Crippen molar-refractivity contribution in [3.05, 3.63) is 24.5 Å². The van der Waals surface area contributed by atoms with Gasteiger partial charge in [-0.2, -0.15) is 0 Å². The van der Waals surface area contributed by atoms with Crippen molar-refractivity contribution in [3.8, 4) is 0 Å². The summed E-state index contributed by atoms with van der Waals surface area (Å²) in [7, 11) is 1.62. The molecule has 0 aromatic carbocycles. The van der Waals surface area contributed by atoms with Gasteiger partial charge >= 0.3 is 0 Å². The zero-order valence-corrected chi connectivity index (χ0v) is 6.77. The number of hydrogen-bond donors (Lipinski definition) is 0. The van der Waals surface area contributed by atoms with E-state index in [1.165, 1.54) is 0 Å². The summed E-state index contributed by atoms with van der Waals surface area (Å²) in [6.07, 6.45) is 3.39. The van der Waals surface area contributed by atoms with Gasteiger partial charge in [-0.25, -0.2) is 0 Å². The number of ether oxygens (including phenoxy) is 1. The molecule has 0 fully saturated rings. The molecule has 0 atom stereocenters. The van der Waals surface area contributed by atoms with Crippen LogP contribution >= 0.6 is 0 Å². The van der Waals surface area contributed by atoms with E-state index in [1.807, 2.05) is 20.8 Å². The van der Waals surface area contributed by atoms with Gasteiger partial charge in [0, 0.05) is 0 Å². The molecule has 1 nitrogen and oxygen atoms in total. The van der Waals surface area contributed by atoms with Crippen molar-refractivity contribution in [2.75, 3.05) is 7.11 Å². The van der Waals surface area contributed by atoms with Gasteiger partial charge in [0.25, 0.3) is 0 Å². The summed E-state index contributed by atoms with van der Waals surface area (Å²) < 4.78 is 4.66. The largest absolute Gasteiger partial charge is 0.504 e. The summed E-state index contributed by atoms with van der Waals surface area (Å²) in [6.45, 7) is 9.46. The fraction of sp³-hybridized carbons (Fsp3) is 0.500. The van der Waals surface area contributed by atoms with Crippen LogP contribution in [0, 0.1) is 0 Å². The molecule has 0 N–H and O–H groups in total. The van der Waals surface area contributed by atoms with E-state index in [-0.39, 0.29) is 0 Å². The molecule has 0 unspecified atom stereocenters. The molecule has 0 saturated heterocycles. The lowest BCUT2D eigenvalue weighted by molar-refractivity contribution is 0.335. The Kier molecular flexibility index (Phi) is 12.7. The maximum absolute atomic E-state index is 4.66.